The van der Waals surface area contributed by atoms with Gasteiger partial charge in [0.25, 0.3) is 0 Å². The predicted octanol–water partition coefficient (Wildman–Crippen LogP) is 5.19. The lowest BCUT2D eigenvalue weighted by Crippen LogP contribution is -2.08. The Morgan fingerprint density at radius 2 is 1.75 bits per heavy atom. The number of benzene rings is 2. The Kier molecular flexibility index (Phi) is 4.32. The van der Waals surface area contributed by atoms with E-state index < -0.39 is 17.6 Å². The van der Waals surface area contributed by atoms with Crippen LogP contribution in [0, 0.1) is 5.82 Å². The standard InChI is InChI=1S/C14H9BrF4O/c15-10-5-9(6-11(16)7-10)8-20-13-4-2-1-3-12(13)14(17,18)19/h1-7H,8H2. The van der Waals surface area contributed by atoms with E-state index in [4.69, 9.17) is 4.74 Å². The lowest BCUT2D eigenvalue weighted by Gasteiger charge is -2.13. The van der Waals surface area contributed by atoms with Gasteiger partial charge in [-0.15, -0.1) is 0 Å². The van der Waals surface area contributed by atoms with Crippen molar-refractivity contribution in [2.24, 2.45) is 0 Å². The molecule has 6 heteroatoms. The van der Waals surface area contributed by atoms with Gasteiger partial charge in [-0.1, -0.05) is 28.1 Å². The summed E-state index contributed by atoms with van der Waals surface area (Å²) >= 11 is 3.11. The van der Waals surface area contributed by atoms with Gasteiger partial charge in [0.2, 0.25) is 0 Å². The molecule has 2 aromatic rings. The fraction of sp³-hybridized carbons (Fsp3) is 0.143. The SMILES string of the molecule is Fc1cc(Br)cc(COc2ccccc2C(F)(F)F)c1. The summed E-state index contributed by atoms with van der Waals surface area (Å²) in [5.41, 5.74) is -0.413. The molecule has 0 heterocycles. The lowest BCUT2D eigenvalue weighted by molar-refractivity contribution is -0.139. The monoisotopic (exact) mass is 348 g/mol. The number of hydrogen-bond donors (Lipinski definition) is 0. The van der Waals surface area contributed by atoms with Crippen molar-refractivity contribution in [3.8, 4) is 5.75 Å². The quantitative estimate of drug-likeness (QED) is 0.694. The van der Waals surface area contributed by atoms with Crippen molar-refractivity contribution in [2.75, 3.05) is 0 Å². The Labute approximate surface area is 121 Å². The van der Waals surface area contributed by atoms with Crippen LogP contribution in [0.3, 0.4) is 0 Å². The van der Waals surface area contributed by atoms with Crippen LogP contribution in [0.5, 0.6) is 5.75 Å². The van der Waals surface area contributed by atoms with Crippen LogP contribution in [0.25, 0.3) is 0 Å². The van der Waals surface area contributed by atoms with Crippen LogP contribution < -0.4 is 4.74 Å². The second-order valence-electron chi connectivity index (χ2n) is 4.06. The summed E-state index contributed by atoms with van der Waals surface area (Å²) in [6, 6.07) is 8.96. The van der Waals surface area contributed by atoms with E-state index in [0.29, 0.717) is 10.0 Å². The van der Waals surface area contributed by atoms with E-state index in [1.807, 2.05) is 0 Å². The van der Waals surface area contributed by atoms with E-state index in [2.05, 4.69) is 15.9 Å². The smallest absolute Gasteiger partial charge is 0.419 e. The highest BCUT2D eigenvalue weighted by Gasteiger charge is 2.33. The Bertz CT molecular complexity index is 590. The molecule has 0 aliphatic rings. The molecule has 106 valence electrons. The van der Waals surface area contributed by atoms with Gasteiger partial charge in [-0.05, 0) is 35.9 Å². The third kappa shape index (κ3) is 3.72. The molecule has 0 spiro atoms. The van der Waals surface area contributed by atoms with E-state index in [1.54, 1.807) is 6.07 Å². The van der Waals surface area contributed by atoms with Crippen molar-refractivity contribution in [3.63, 3.8) is 0 Å². The molecule has 0 radical (unpaired) electrons. The third-order valence-electron chi connectivity index (χ3n) is 2.51. The van der Waals surface area contributed by atoms with Crippen LogP contribution in [0.15, 0.2) is 46.9 Å². The number of ether oxygens (including phenoxy) is 1. The van der Waals surface area contributed by atoms with Gasteiger partial charge < -0.3 is 4.74 Å². The normalized spacial score (nSPS) is 11.4. The Morgan fingerprint density at radius 1 is 1.05 bits per heavy atom. The molecule has 2 aromatic carbocycles. The van der Waals surface area contributed by atoms with Crippen LogP contribution in [0.4, 0.5) is 17.6 Å². The van der Waals surface area contributed by atoms with Gasteiger partial charge in [0.05, 0.1) is 5.56 Å². The van der Waals surface area contributed by atoms with Crippen molar-refractivity contribution < 1.29 is 22.3 Å². The molecule has 0 atom stereocenters. The fourth-order valence-electron chi connectivity index (χ4n) is 1.68. The molecule has 0 amide bonds. The minimum Gasteiger partial charge on any atom is -0.488 e. The minimum atomic E-state index is -4.49. The van der Waals surface area contributed by atoms with Gasteiger partial charge in [-0.2, -0.15) is 13.2 Å². The number of halogens is 5. The first kappa shape index (κ1) is 14.8. The largest absolute Gasteiger partial charge is 0.488 e. The first-order chi connectivity index (χ1) is 9.36. The molecule has 0 unspecified atom stereocenters. The van der Waals surface area contributed by atoms with Crippen molar-refractivity contribution in [1.29, 1.82) is 0 Å². The van der Waals surface area contributed by atoms with Crippen molar-refractivity contribution in [1.82, 2.24) is 0 Å². The molecule has 0 saturated heterocycles. The molecule has 0 aliphatic carbocycles. The van der Waals surface area contributed by atoms with E-state index in [9.17, 15) is 17.6 Å². The molecule has 2 rings (SSSR count). The lowest BCUT2D eigenvalue weighted by atomic mass is 10.2. The summed E-state index contributed by atoms with van der Waals surface area (Å²) in [7, 11) is 0. The van der Waals surface area contributed by atoms with E-state index >= 15 is 0 Å². The van der Waals surface area contributed by atoms with E-state index in [0.717, 1.165) is 6.07 Å². The van der Waals surface area contributed by atoms with Crippen LogP contribution in [0.2, 0.25) is 0 Å². The summed E-state index contributed by atoms with van der Waals surface area (Å²) in [6.45, 7) is -0.149. The average molecular weight is 349 g/mol. The topological polar surface area (TPSA) is 9.23 Å². The van der Waals surface area contributed by atoms with Crippen LogP contribution in [0.1, 0.15) is 11.1 Å². The molecule has 0 saturated carbocycles. The zero-order valence-electron chi connectivity index (χ0n) is 10.0. The second kappa shape index (κ2) is 5.83. The first-order valence-corrected chi connectivity index (χ1v) is 6.39. The van der Waals surface area contributed by atoms with Gasteiger partial charge in [0.1, 0.15) is 18.2 Å². The first-order valence-electron chi connectivity index (χ1n) is 5.60. The van der Waals surface area contributed by atoms with Crippen molar-refractivity contribution >= 4 is 15.9 Å². The predicted molar refractivity (Wildman–Crippen MR) is 69.9 cm³/mol. The average Bonchev–Trinajstić information content (AvgIpc) is 2.34. The summed E-state index contributed by atoms with van der Waals surface area (Å²) in [5.74, 6) is -0.762. The van der Waals surface area contributed by atoms with Crippen LogP contribution in [-0.4, -0.2) is 0 Å². The molecular weight excluding hydrogens is 340 g/mol. The highest BCUT2D eigenvalue weighted by molar-refractivity contribution is 9.10. The van der Waals surface area contributed by atoms with E-state index in [-0.39, 0.29) is 12.4 Å². The molecule has 1 nitrogen and oxygen atoms in total. The summed E-state index contributed by atoms with van der Waals surface area (Å²) in [5, 5.41) is 0. The number of hydrogen-bond acceptors (Lipinski definition) is 1. The maximum atomic E-state index is 13.2. The third-order valence-corrected chi connectivity index (χ3v) is 2.97. The van der Waals surface area contributed by atoms with Crippen molar-refractivity contribution in [2.45, 2.75) is 12.8 Å². The Hall–Kier alpha value is -1.56. The summed E-state index contributed by atoms with van der Waals surface area (Å²) in [4.78, 5) is 0. The molecule has 0 aromatic heterocycles. The van der Waals surface area contributed by atoms with Gasteiger partial charge >= 0.3 is 6.18 Å². The zero-order chi connectivity index (χ0) is 14.8. The fourth-order valence-corrected chi connectivity index (χ4v) is 2.19. The maximum Gasteiger partial charge on any atom is 0.419 e. The van der Waals surface area contributed by atoms with Gasteiger partial charge in [0.15, 0.2) is 0 Å². The number of rotatable bonds is 3. The Morgan fingerprint density at radius 3 is 2.40 bits per heavy atom. The second-order valence-corrected chi connectivity index (χ2v) is 4.98. The Balaban J connectivity index is 2.19. The minimum absolute atomic E-state index is 0.149. The van der Waals surface area contributed by atoms with Crippen LogP contribution in [-0.2, 0) is 12.8 Å². The summed E-state index contributed by atoms with van der Waals surface area (Å²) in [6.07, 6.45) is -4.49. The van der Waals surface area contributed by atoms with E-state index in [1.165, 1.54) is 30.3 Å². The highest BCUT2D eigenvalue weighted by Crippen LogP contribution is 2.36. The summed E-state index contributed by atoms with van der Waals surface area (Å²) < 4.78 is 57.1. The molecule has 0 fully saturated rings. The van der Waals surface area contributed by atoms with Crippen molar-refractivity contribution in [3.05, 3.63) is 63.9 Å². The molecule has 0 N–H and O–H groups in total. The highest BCUT2D eigenvalue weighted by atomic mass is 79.9. The van der Waals surface area contributed by atoms with Gasteiger partial charge in [-0.25, -0.2) is 4.39 Å². The molecule has 20 heavy (non-hydrogen) atoms. The number of para-hydroxylation sites is 1. The zero-order valence-corrected chi connectivity index (χ0v) is 11.6. The molecular formula is C14H9BrF4O. The molecule has 0 aliphatic heterocycles. The van der Waals surface area contributed by atoms with Gasteiger partial charge in [0, 0.05) is 4.47 Å². The van der Waals surface area contributed by atoms with Gasteiger partial charge in [-0.3, -0.25) is 0 Å². The molecule has 0 bridgehead atoms. The number of alkyl halides is 3. The van der Waals surface area contributed by atoms with Crippen LogP contribution >= 0.6 is 15.9 Å². The maximum absolute atomic E-state index is 13.2.